The van der Waals surface area contributed by atoms with Gasteiger partial charge in [0.25, 0.3) is 0 Å². The molecule has 14 heavy (non-hydrogen) atoms. The van der Waals surface area contributed by atoms with Crippen LogP contribution in [0.4, 0.5) is 0 Å². The molecule has 3 unspecified atom stereocenters. The van der Waals surface area contributed by atoms with Crippen LogP contribution in [0.5, 0.6) is 0 Å². The first-order valence-electron chi connectivity index (χ1n) is 5.74. The topological polar surface area (TPSA) is 41.3 Å². The quantitative estimate of drug-likeness (QED) is 0.528. The molecule has 0 radical (unpaired) electrons. The number of hydrazine groups is 1. The summed E-state index contributed by atoms with van der Waals surface area (Å²) in [6, 6.07) is 0.466. The second-order valence-corrected chi connectivity index (χ2v) is 5.07. The molecule has 0 saturated heterocycles. The number of nitrogens with one attached hydrogen (secondary N) is 1. The molecule has 3 heteroatoms. The first kappa shape index (κ1) is 12.0. The van der Waals surface area contributed by atoms with Crippen LogP contribution in [0, 0.1) is 11.8 Å². The summed E-state index contributed by atoms with van der Waals surface area (Å²) in [6.45, 7) is 3.41. The van der Waals surface area contributed by atoms with E-state index in [9.17, 15) is 0 Å². The van der Waals surface area contributed by atoms with Crippen molar-refractivity contribution < 1.29 is 0 Å². The van der Waals surface area contributed by atoms with Crippen LogP contribution >= 0.6 is 0 Å². The van der Waals surface area contributed by atoms with E-state index in [-0.39, 0.29) is 0 Å². The van der Waals surface area contributed by atoms with Gasteiger partial charge in [0.05, 0.1) is 0 Å². The molecule has 0 amide bonds. The van der Waals surface area contributed by atoms with E-state index in [2.05, 4.69) is 31.3 Å². The Bertz CT molecular complexity index is 157. The smallest absolute Gasteiger partial charge is 0.0365 e. The monoisotopic (exact) mass is 199 g/mol. The Morgan fingerprint density at radius 1 is 1.43 bits per heavy atom. The van der Waals surface area contributed by atoms with Gasteiger partial charge in [-0.15, -0.1) is 0 Å². The van der Waals surface area contributed by atoms with Crippen molar-refractivity contribution in [3.63, 3.8) is 0 Å². The molecule has 3 nitrogen and oxygen atoms in total. The number of hydrogen-bond donors (Lipinski definition) is 2. The summed E-state index contributed by atoms with van der Waals surface area (Å²) in [5.74, 6) is 7.27. The fourth-order valence-electron chi connectivity index (χ4n) is 2.58. The molecule has 1 rings (SSSR count). The molecule has 0 aromatic carbocycles. The SMILES string of the molecule is CC1CCCC(C(CN(C)C)NN)C1. The van der Waals surface area contributed by atoms with Gasteiger partial charge in [0.15, 0.2) is 0 Å². The first-order chi connectivity index (χ1) is 6.63. The molecule has 0 aromatic rings. The van der Waals surface area contributed by atoms with Crippen molar-refractivity contribution >= 4 is 0 Å². The molecule has 84 valence electrons. The summed E-state index contributed by atoms with van der Waals surface area (Å²) in [5.41, 5.74) is 2.98. The van der Waals surface area contributed by atoms with Gasteiger partial charge in [-0.25, -0.2) is 0 Å². The van der Waals surface area contributed by atoms with Crippen molar-refractivity contribution in [3.8, 4) is 0 Å². The molecule has 0 bridgehead atoms. The fourth-order valence-corrected chi connectivity index (χ4v) is 2.58. The van der Waals surface area contributed by atoms with E-state index in [0.29, 0.717) is 6.04 Å². The average Bonchev–Trinajstić information content (AvgIpc) is 2.14. The van der Waals surface area contributed by atoms with E-state index >= 15 is 0 Å². The Hall–Kier alpha value is -0.120. The molecule has 1 aliphatic carbocycles. The van der Waals surface area contributed by atoms with E-state index in [0.717, 1.165) is 18.4 Å². The highest BCUT2D eigenvalue weighted by Gasteiger charge is 2.26. The Labute approximate surface area is 88.0 Å². The van der Waals surface area contributed by atoms with Gasteiger partial charge in [-0.05, 0) is 38.8 Å². The fraction of sp³-hybridized carbons (Fsp3) is 1.00. The second kappa shape index (κ2) is 5.69. The van der Waals surface area contributed by atoms with Gasteiger partial charge in [-0.2, -0.15) is 0 Å². The maximum Gasteiger partial charge on any atom is 0.0365 e. The predicted octanol–water partition coefficient (Wildman–Crippen LogP) is 1.21. The van der Waals surface area contributed by atoms with Crippen molar-refractivity contribution in [1.29, 1.82) is 0 Å². The van der Waals surface area contributed by atoms with Crippen molar-refractivity contribution in [2.75, 3.05) is 20.6 Å². The molecule has 3 atom stereocenters. The summed E-state index contributed by atoms with van der Waals surface area (Å²) in [5, 5.41) is 0. The lowest BCUT2D eigenvalue weighted by molar-refractivity contribution is 0.192. The average molecular weight is 199 g/mol. The molecule has 0 aliphatic heterocycles. The largest absolute Gasteiger partial charge is 0.308 e. The third-order valence-electron chi connectivity index (χ3n) is 3.32. The van der Waals surface area contributed by atoms with Gasteiger partial charge in [0.1, 0.15) is 0 Å². The third kappa shape index (κ3) is 3.56. The molecular weight excluding hydrogens is 174 g/mol. The van der Waals surface area contributed by atoms with Crippen LogP contribution in [0.3, 0.4) is 0 Å². The van der Waals surface area contributed by atoms with E-state index in [1.165, 1.54) is 25.7 Å². The van der Waals surface area contributed by atoms with E-state index in [1.54, 1.807) is 0 Å². The van der Waals surface area contributed by atoms with Crippen molar-refractivity contribution in [2.45, 2.75) is 38.6 Å². The maximum absolute atomic E-state index is 5.62. The summed E-state index contributed by atoms with van der Waals surface area (Å²) in [6.07, 6.45) is 5.45. The Morgan fingerprint density at radius 2 is 2.14 bits per heavy atom. The maximum atomic E-state index is 5.62. The minimum atomic E-state index is 0.466. The van der Waals surface area contributed by atoms with Crippen molar-refractivity contribution in [1.82, 2.24) is 10.3 Å². The number of nitrogens with zero attached hydrogens (tertiary/aromatic N) is 1. The van der Waals surface area contributed by atoms with Crippen molar-refractivity contribution in [2.24, 2.45) is 17.7 Å². The van der Waals surface area contributed by atoms with Gasteiger partial charge < -0.3 is 4.90 Å². The van der Waals surface area contributed by atoms with Gasteiger partial charge >= 0.3 is 0 Å². The molecule has 3 N–H and O–H groups in total. The number of hydrogen-bond acceptors (Lipinski definition) is 3. The van der Waals surface area contributed by atoms with Crippen LogP contribution in [0.15, 0.2) is 0 Å². The van der Waals surface area contributed by atoms with Crippen LogP contribution in [0.1, 0.15) is 32.6 Å². The summed E-state index contributed by atoms with van der Waals surface area (Å²) < 4.78 is 0. The minimum Gasteiger partial charge on any atom is -0.308 e. The summed E-state index contributed by atoms with van der Waals surface area (Å²) in [7, 11) is 4.22. The van der Waals surface area contributed by atoms with Crippen molar-refractivity contribution in [3.05, 3.63) is 0 Å². The van der Waals surface area contributed by atoms with Crippen LogP contribution in [0.25, 0.3) is 0 Å². The highest BCUT2D eigenvalue weighted by atomic mass is 15.3. The van der Waals surface area contributed by atoms with Gasteiger partial charge in [-0.1, -0.05) is 19.8 Å². The molecular formula is C11H25N3. The molecule has 0 heterocycles. The highest BCUT2D eigenvalue weighted by molar-refractivity contribution is 4.81. The van der Waals surface area contributed by atoms with Crippen LogP contribution in [-0.4, -0.2) is 31.6 Å². The third-order valence-corrected chi connectivity index (χ3v) is 3.32. The van der Waals surface area contributed by atoms with Crippen LogP contribution in [0.2, 0.25) is 0 Å². The molecule has 1 fully saturated rings. The minimum absolute atomic E-state index is 0.466. The van der Waals surface area contributed by atoms with Crippen LogP contribution in [-0.2, 0) is 0 Å². The van der Waals surface area contributed by atoms with Gasteiger partial charge in [-0.3, -0.25) is 11.3 Å². The molecule has 1 aliphatic rings. The second-order valence-electron chi connectivity index (χ2n) is 5.07. The zero-order chi connectivity index (χ0) is 10.6. The zero-order valence-electron chi connectivity index (χ0n) is 9.79. The normalized spacial score (nSPS) is 30.6. The Kier molecular flexibility index (Phi) is 4.85. The predicted molar refractivity (Wildman–Crippen MR) is 60.8 cm³/mol. The molecule has 0 spiro atoms. The Morgan fingerprint density at radius 3 is 2.64 bits per heavy atom. The number of likely N-dealkylation sites (N-methyl/N-ethyl adjacent to an activating group) is 1. The lowest BCUT2D eigenvalue weighted by Crippen LogP contribution is -2.48. The van der Waals surface area contributed by atoms with Gasteiger partial charge in [0.2, 0.25) is 0 Å². The first-order valence-corrected chi connectivity index (χ1v) is 5.74. The number of rotatable bonds is 4. The van der Waals surface area contributed by atoms with E-state index in [4.69, 9.17) is 5.84 Å². The summed E-state index contributed by atoms with van der Waals surface area (Å²) in [4.78, 5) is 2.21. The standard InChI is InChI=1S/C11H25N3/c1-9-5-4-6-10(7-9)11(13-12)8-14(2)3/h9-11,13H,4-8,12H2,1-3H3. The number of nitrogens with two attached hydrogens (primary N) is 1. The lowest BCUT2D eigenvalue weighted by atomic mass is 9.78. The Balaban J connectivity index is 2.42. The zero-order valence-corrected chi connectivity index (χ0v) is 9.79. The van der Waals surface area contributed by atoms with E-state index in [1.807, 2.05) is 0 Å². The molecule has 1 saturated carbocycles. The van der Waals surface area contributed by atoms with E-state index < -0.39 is 0 Å². The summed E-state index contributed by atoms with van der Waals surface area (Å²) >= 11 is 0. The van der Waals surface area contributed by atoms with Gasteiger partial charge in [0, 0.05) is 12.6 Å². The highest BCUT2D eigenvalue weighted by Crippen LogP contribution is 2.30. The lowest BCUT2D eigenvalue weighted by Gasteiger charge is -2.34. The molecule has 0 aromatic heterocycles. The van der Waals surface area contributed by atoms with Crippen LogP contribution < -0.4 is 11.3 Å².